The molecule has 1 aromatic heterocycles. The van der Waals surface area contributed by atoms with E-state index in [4.69, 9.17) is 0 Å². The molecule has 1 fully saturated rings. The number of carbonyl (C=O) groups excluding carboxylic acids is 1. The van der Waals surface area contributed by atoms with Gasteiger partial charge in [0.1, 0.15) is 5.82 Å². The van der Waals surface area contributed by atoms with Crippen molar-refractivity contribution < 1.29 is 9.18 Å². The standard InChI is InChI=1S/C24H26FN3O.ClH/c1-19-7-2-5-10-22(19)27-15-13-26(14-16-27)18-24(29)23-11-6-12-28(23)17-20-8-3-4-9-21(20)25;/h2-12H,13-18H2,1H3;1H. The van der Waals surface area contributed by atoms with Crippen molar-refractivity contribution in [2.45, 2.75) is 13.5 Å². The molecular weight excluding hydrogens is 401 g/mol. The Morgan fingerprint density at radius 3 is 2.37 bits per heavy atom. The van der Waals surface area contributed by atoms with Gasteiger partial charge in [0.2, 0.25) is 0 Å². The molecule has 1 aliphatic rings. The second-order valence-corrected chi connectivity index (χ2v) is 7.59. The summed E-state index contributed by atoms with van der Waals surface area (Å²) in [6.07, 6.45) is 1.84. The van der Waals surface area contributed by atoms with Crippen LogP contribution in [0.25, 0.3) is 0 Å². The lowest BCUT2D eigenvalue weighted by atomic mass is 10.1. The number of Topliss-reactive ketones (excluding diaryl/α,β-unsaturated/α-hetero) is 1. The Balaban J connectivity index is 0.00000256. The molecule has 158 valence electrons. The molecule has 2 heterocycles. The van der Waals surface area contributed by atoms with Gasteiger partial charge in [0.25, 0.3) is 0 Å². The summed E-state index contributed by atoms with van der Waals surface area (Å²) in [7, 11) is 0. The fourth-order valence-electron chi connectivity index (χ4n) is 3.96. The van der Waals surface area contributed by atoms with Crippen molar-refractivity contribution in [3.8, 4) is 0 Å². The molecule has 0 amide bonds. The molecule has 30 heavy (non-hydrogen) atoms. The summed E-state index contributed by atoms with van der Waals surface area (Å²) in [6.45, 7) is 6.42. The molecule has 0 unspecified atom stereocenters. The number of piperazine rings is 1. The molecule has 1 aliphatic heterocycles. The maximum Gasteiger partial charge on any atom is 0.193 e. The molecule has 0 radical (unpaired) electrons. The van der Waals surface area contributed by atoms with Crippen LogP contribution in [0.5, 0.6) is 0 Å². The molecule has 0 aliphatic carbocycles. The van der Waals surface area contributed by atoms with Crippen LogP contribution in [0.2, 0.25) is 0 Å². The van der Waals surface area contributed by atoms with Crippen LogP contribution in [-0.4, -0.2) is 48.0 Å². The first-order chi connectivity index (χ1) is 14.1. The Morgan fingerprint density at radius 2 is 1.63 bits per heavy atom. The van der Waals surface area contributed by atoms with Crippen molar-refractivity contribution in [3.05, 3.63) is 89.5 Å². The number of para-hydroxylation sites is 1. The minimum absolute atomic E-state index is 0. The van der Waals surface area contributed by atoms with Crippen molar-refractivity contribution in [1.82, 2.24) is 9.47 Å². The Hall–Kier alpha value is -2.63. The van der Waals surface area contributed by atoms with Crippen LogP contribution < -0.4 is 4.90 Å². The molecule has 0 bridgehead atoms. The molecule has 2 aromatic carbocycles. The first-order valence-electron chi connectivity index (χ1n) is 10.1. The highest BCUT2D eigenvalue weighted by molar-refractivity contribution is 5.96. The van der Waals surface area contributed by atoms with Crippen LogP contribution in [0.15, 0.2) is 66.9 Å². The number of halogens is 2. The third-order valence-corrected chi connectivity index (χ3v) is 5.61. The van der Waals surface area contributed by atoms with E-state index in [0.29, 0.717) is 24.3 Å². The maximum absolute atomic E-state index is 14.0. The van der Waals surface area contributed by atoms with E-state index < -0.39 is 0 Å². The van der Waals surface area contributed by atoms with E-state index in [1.807, 2.05) is 29.0 Å². The van der Waals surface area contributed by atoms with Gasteiger partial charge < -0.3 is 9.47 Å². The fourth-order valence-corrected chi connectivity index (χ4v) is 3.96. The summed E-state index contributed by atoms with van der Waals surface area (Å²) in [5.74, 6) is -0.164. The summed E-state index contributed by atoms with van der Waals surface area (Å²) >= 11 is 0. The van der Waals surface area contributed by atoms with E-state index in [-0.39, 0.29) is 24.0 Å². The van der Waals surface area contributed by atoms with E-state index in [2.05, 4.69) is 41.0 Å². The largest absolute Gasteiger partial charge is 0.369 e. The van der Waals surface area contributed by atoms with E-state index in [9.17, 15) is 9.18 Å². The SMILES string of the molecule is Cc1ccccc1N1CCN(CC(=O)c2cccn2Cc2ccccc2F)CC1.Cl. The van der Waals surface area contributed by atoms with Gasteiger partial charge in [-0.25, -0.2) is 4.39 Å². The number of nitrogens with zero attached hydrogens (tertiary/aromatic N) is 3. The van der Waals surface area contributed by atoms with Crippen LogP contribution in [0.3, 0.4) is 0 Å². The summed E-state index contributed by atoms with van der Waals surface area (Å²) < 4.78 is 15.8. The molecule has 0 N–H and O–H groups in total. The van der Waals surface area contributed by atoms with Gasteiger partial charge in [0, 0.05) is 43.6 Å². The highest BCUT2D eigenvalue weighted by Crippen LogP contribution is 2.21. The van der Waals surface area contributed by atoms with Crippen LogP contribution in [0.1, 0.15) is 21.6 Å². The summed E-state index contributed by atoms with van der Waals surface area (Å²) in [5, 5.41) is 0. The number of rotatable bonds is 6. The Labute approximate surface area is 183 Å². The van der Waals surface area contributed by atoms with Crippen molar-refractivity contribution in [2.24, 2.45) is 0 Å². The van der Waals surface area contributed by atoms with Gasteiger partial charge in [-0.2, -0.15) is 0 Å². The zero-order chi connectivity index (χ0) is 20.2. The number of aromatic nitrogens is 1. The molecule has 6 heteroatoms. The molecule has 4 rings (SSSR count). The highest BCUT2D eigenvalue weighted by Gasteiger charge is 2.22. The van der Waals surface area contributed by atoms with Gasteiger partial charge in [-0.05, 0) is 36.8 Å². The number of ketones is 1. The van der Waals surface area contributed by atoms with Crippen LogP contribution in [-0.2, 0) is 6.54 Å². The average Bonchev–Trinajstić information content (AvgIpc) is 3.19. The normalized spacial score (nSPS) is 14.4. The van der Waals surface area contributed by atoms with Gasteiger partial charge in [-0.15, -0.1) is 12.4 Å². The number of hydrogen-bond donors (Lipinski definition) is 0. The summed E-state index contributed by atoms with van der Waals surface area (Å²) in [4.78, 5) is 17.5. The topological polar surface area (TPSA) is 28.5 Å². The Kier molecular flexibility index (Phi) is 7.29. The summed E-state index contributed by atoms with van der Waals surface area (Å²) in [6, 6.07) is 18.8. The third-order valence-electron chi connectivity index (χ3n) is 5.61. The van der Waals surface area contributed by atoms with Crippen LogP contribution >= 0.6 is 12.4 Å². The number of anilines is 1. The monoisotopic (exact) mass is 427 g/mol. The highest BCUT2D eigenvalue weighted by atomic mass is 35.5. The molecule has 4 nitrogen and oxygen atoms in total. The van der Waals surface area contributed by atoms with Crippen molar-refractivity contribution in [2.75, 3.05) is 37.6 Å². The van der Waals surface area contributed by atoms with E-state index in [1.54, 1.807) is 12.1 Å². The molecule has 3 aromatic rings. The van der Waals surface area contributed by atoms with Crippen LogP contribution in [0, 0.1) is 12.7 Å². The second kappa shape index (κ2) is 9.92. The lowest BCUT2D eigenvalue weighted by Gasteiger charge is -2.36. The molecular formula is C24H27ClFN3O. The minimum Gasteiger partial charge on any atom is -0.369 e. The first-order valence-corrected chi connectivity index (χ1v) is 10.1. The van der Waals surface area contributed by atoms with Gasteiger partial charge in [-0.3, -0.25) is 9.69 Å². The average molecular weight is 428 g/mol. The summed E-state index contributed by atoms with van der Waals surface area (Å²) in [5.41, 5.74) is 3.78. The zero-order valence-corrected chi connectivity index (χ0v) is 17.9. The quantitative estimate of drug-likeness (QED) is 0.545. The van der Waals surface area contributed by atoms with Gasteiger partial charge in [0.05, 0.1) is 18.8 Å². The van der Waals surface area contributed by atoms with Crippen molar-refractivity contribution >= 4 is 23.9 Å². The smallest absolute Gasteiger partial charge is 0.193 e. The van der Waals surface area contributed by atoms with E-state index >= 15 is 0 Å². The number of aryl methyl sites for hydroxylation is 1. The maximum atomic E-state index is 14.0. The Morgan fingerprint density at radius 1 is 0.933 bits per heavy atom. The van der Waals surface area contributed by atoms with Gasteiger partial charge >= 0.3 is 0 Å². The first kappa shape index (κ1) is 22.1. The van der Waals surface area contributed by atoms with Crippen LogP contribution in [0.4, 0.5) is 10.1 Å². The molecule has 0 atom stereocenters. The number of carbonyl (C=O) groups is 1. The lowest BCUT2D eigenvalue weighted by Crippen LogP contribution is -2.48. The van der Waals surface area contributed by atoms with Gasteiger partial charge in [-0.1, -0.05) is 36.4 Å². The van der Waals surface area contributed by atoms with Crippen molar-refractivity contribution in [1.29, 1.82) is 0 Å². The number of hydrogen-bond acceptors (Lipinski definition) is 3. The molecule has 0 spiro atoms. The predicted octanol–water partition coefficient (Wildman–Crippen LogP) is 4.41. The second-order valence-electron chi connectivity index (χ2n) is 7.59. The van der Waals surface area contributed by atoms with E-state index in [1.165, 1.54) is 17.3 Å². The van der Waals surface area contributed by atoms with Crippen molar-refractivity contribution in [3.63, 3.8) is 0 Å². The Bertz CT molecular complexity index is 995. The molecule has 0 saturated carbocycles. The number of benzene rings is 2. The van der Waals surface area contributed by atoms with Gasteiger partial charge in [0.15, 0.2) is 5.78 Å². The third kappa shape index (κ3) is 4.91. The minimum atomic E-state index is -0.244. The lowest BCUT2D eigenvalue weighted by molar-refractivity contribution is 0.0917. The zero-order valence-electron chi connectivity index (χ0n) is 17.1. The van der Waals surface area contributed by atoms with E-state index in [0.717, 1.165) is 26.2 Å². The predicted molar refractivity (Wildman–Crippen MR) is 121 cm³/mol. The fraction of sp³-hybridized carbons (Fsp3) is 0.292. The molecule has 1 saturated heterocycles.